The van der Waals surface area contributed by atoms with Gasteiger partial charge in [0.1, 0.15) is 12.4 Å². The van der Waals surface area contributed by atoms with Gasteiger partial charge in [0.25, 0.3) is 0 Å². The molecule has 0 bridgehead atoms. The predicted molar refractivity (Wildman–Crippen MR) is 92.0 cm³/mol. The first-order valence-corrected chi connectivity index (χ1v) is 7.73. The zero-order valence-electron chi connectivity index (χ0n) is 14.5. The highest BCUT2D eigenvalue weighted by atomic mass is 16.5. The average molecular weight is 312 g/mol. The zero-order chi connectivity index (χ0) is 17.0. The minimum absolute atomic E-state index is 0.112. The maximum atomic E-state index is 11.8. The van der Waals surface area contributed by atoms with E-state index < -0.39 is 0 Å². The summed E-state index contributed by atoms with van der Waals surface area (Å²) < 4.78 is 10.7. The standard InChI is InChI=1S/C20H24O3/c1-14-12-16(20(2,3)4)10-11-18(14)23-13-15-8-6-7-9-17(15)19(21)22-5/h6-12H,13H2,1-5H3. The fourth-order valence-electron chi connectivity index (χ4n) is 2.39. The molecule has 0 amide bonds. The molecule has 0 saturated heterocycles. The molecular formula is C20H24O3. The van der Waals surface area contributed by atoms with Crippen molar-refractivity contribution in [2.24, 2.45) is 0 Å². The Morgan fingerprint density at radius 2 is 1.78 bits per heavy atom. The van der Waals surface area contributed by atoms with E-state index in [1.165, 1.54) is 12.7 Å². The number of carbonyl (C=O) groups is 1. The minimum Gasteiger partial charge on any atom is -0.489 e. The van der Waals surface area contributed by atoms with Gasteiger partial charge >= 0.3 is 5.97 Å². The van der Waals surface area contributed by atoms with Crippen molar-refractivity contribution in [3.05, 3.63) is 64.7 Å². The summed E-state index contributed by atoms with van der Waals surface area (Å²) in [5.41, 5.74) is 3.84. The van der Waals surface area contributed by atoms with E-state index in [1.54, 1.807) is 6.07 Å². The van der Waals surface area contributed by atoms with E-state index in [9.17, 15) is 4.79 Å². The number of carbonyl (C=O) groups excluding carboxylic acids is 1. The molecule has 122 valence electrons. The van der Waals surface area contributed by atoms with Crippen LogP contribution in [0.1, 0.15) is 47.8 Å². The third-order valence-electron chi connectivity index (χ3n) is 3.85. The third kappa shape index (κ3) is 4.13. The normalized spacial score (nSPS) is 11.2. The second-order valence-electron chi connectivity index (χ2n) is 6.67. The van der Waals surface area contributed by atoms with Crippen molar-refractivity contribution in [2.75, 3.05) is 7.11 Å². The molecule has 0 unspecified atom stereocenters. The minimum atomic E-state index is -0.344. The second-order valence-corrected chi connectivity index (χ2v) is 6.67. The predicted octanol–water partition coefficient (Wildman–Crippen LogP) is 4.66. The maximum Gasteiger partial charge on any atom is 0.338 e. The lowest BCUT2D eigenvalue weighted by Gasteiger charge is -2.20. The Hall–Kier alpha value is -2.29. The van der Waals surface area contributed by atoms with Gasteiger partial charge in [0.05, 0.1) is 12.7 Å². The molecule has 0 fully saturated rings. The van der Waals surface area contributed by atoms with Crippen molar-refractivity contribution in [1.82, 2.24) is 0 Å². The summed E-state index contributed by atoms with van der Waals surface area (Å²) >= 11 is 0. The largest absolute Gasteiger partial charge is 0.489 e. The van der Waals surface area contributed by atoms with Gasteiger partial charge in [-0.2, -0.15) is 0 Å². The molecule has 2 rings (SSSR count). The van der Waals surface area contributed by atoms with E-state index >= 15 is 0 Å². The number of ether oxygens (including phenoxy) is 2. The van der Waals surface area contributed by atoms with E-state index in [-0.39, 0.29) is 11.4 Å². The Balaban J connectivity index is 2.18. The fourth-order valence-corrected chi connectivity index (χ4v) is 2.39. The first kappa shape index (κ1) is 17.1. The first-order chi connectivity index (χ1) is 10.8. The molecule has 2 aromatic carbocycles. The zero-order valence-corrected chi connectivity index (χ0v) is 14.5. The molecule has 0 aliphatic heterocycles. The molecule has 0 spiro atoms. The van der Waals surface area contributed by atoms with Crippen LogP contribution in [0.5, 0.6) is 5.75 Å². The Morgan fingerprint density at radius 1 is 1.09 bits per heavy atom. The Bertz CT molecular complexity index is 696. The quantitative estimate of drug-likeness (QED) is 0.770. The third-order valence-corrected chi connectivity index (χ3v) is 3.85. The van der Waals surface area contributed by atoms with Crippen LogP contribution in [0.4, 0.5) is 0 Å². The van der Waals surface area contributed by atoms with E-state index in [4.69, 9.17) is 9.47 Å². The fraction of sp³-hybridized carbons (Fsp3) is 0.350. The molecule has 0 aromatic heterocycles. The van der Waals surface area contributed by atoms with Crippen LogP contribution >= 0.6 is 0 Å². The highest BCUT2D eigenvalue weighted by Crippen LogP contribution is 2.28. The Kier molecular flexibility index (Phi) is 5.09. The lowest BCUT2D eigenvalue weighted by Crippen LogP contribution is -2.11. The topological polar surface area (TPSA) is 35.5 Å². The maximum absolute atomic E-state index is 11.8. The van der Waals surface area contributed by atoms with Crippen LogP contribution in [0.15, 0.2) is 42.5 Å². The summed E-state index contributed by atoms with van der Waals surface area (Å²) in [5, 5.41) is 0. The summed E-state index contributed by atoms with van der Waals surface area (Å²) in [7, 11) is 1.38. The highest BCUT2D eigenvalue weighted by Gasteiger charge is 2.15. The Labute approximate surface area is 138 Å². The van der Waals surface area contributed by atoms with Gasteiger partial charge < -0.3 is 9.47 Å². The Morgan fingerprint density at radius 3 is 2.39 bits per heavy atom. The molecule has 0 N–H and O–H groups in total. The summed E-state index contributed by atoms with van der Waals surface area (Å²) in [6, 6.07) is 13.6. The van der Waals surface area contributed by atoms with Crippen molar-refractivity contribution in [2.45, 2.75) is 39.7 Å². The van der Waals surface area contributed by atoms with E-state index in [1.807, 2.05) is 31.2 Å². The van der Waals surface area contributed by atoms with Crippen molar-refractivity contribution in [3.8, 4) is 5.75 Å². The van der Waals surface area contributed by atoms with Gasteiger partial charge in [0.15, 0.2) is 0 Å². The van der Waals surface area contributed by atoms with E-state index in [0.717, 1.165) is 16.9 Å². The first-order valence-electron chi connectivity index (χ1n) is 7.73. The van der Waals surface area contributed by atoms with Crippen molar-refractivity contribution in [3.63, 3.8) is 0 Å². The number of rotatable bonds is 4. The van der Waals surface area contributed by atoms with Crippen LogP contribution in [0.3, 0.4) is 0 Å². The number of benzene rings is 2. The summed E-state index contributed by atoms with van der Waals surface area (Å²) in [6.07, 6.45) is 0. The van der Waals surface area contributed by atoms with Crippen LogP contribution in [0.2, 0.25) is 0 Å². The smallest absolute Gasteiger partial charge is 0.338 e. The van der Waals surface area contributed by atoms with Crippen molar-refractivity contribution < 1.29 is 14.3 Å². The molecule has 2 aromatic rings. The second kappa shape index (κ2) is 6.86. The molecule has 3 nitrogen and oxygen atoms in total. The molecule has 3 heteroatoms. The van der Waals surface area contributed by atoms with Gasteiger partial charge in [0.2, 0.25) is 0 Å². The van der Waals surface area contributed by atoms with Crippen molar-refractivity contribution >= 4 is 5.97 Å². The van der Waals surface area contributed by atoms with Gasteiger partial charge in [-0.15, -0.1) is 0 Å². The highest BCUT2D eigenvalue weighted by molar-refractivity contribution is 5.90. The SMILES string of the molecule is COC(=O)c1ccccc1COc1ccc(C(C)(C)C)cc1C. The number of aryl methyl sites for hydroxylation is 1. The van der Waals surface area contributed by atoms with E-state index in [2.05, 4.69) is 32.9 Å². The van der Waals surface area contributed by atoms with Crippen LogP contribution in [0, 0.1) is 6.92 Å². The molecule has 0 radical (unpaired) electrons. The molecule has 23 heavy (non-hydrogen) atoms. The van der Waals surface area contributed by atoms with E-state index in [0.29, 0.717) is 12.2 Å². The average Bonchev–Trinajstić information content (AvgIpc) is 2.52. The van der Waals surface area contributed by atoms with Crippen LogP contribution < -0.4 is 4.74 Å². The number of hydrogen-bond donors (Lipinski definition) is 0. The van der Waals surface area contributed by atoms with Gasteiger partial charge in [-0.1, -0.05) is 51.1 Å². The monoisotopic (exact) mass is 312 g/mol. The van der Waals surface area contributed by atoms with Gasteiger partial charge in [-0.3, -0.25) is 0 Å². The molecular weight excluding hydrogens is 288 g/mol. The number of hydrogen-bond acceptors (Lipinski definition) is 3. The summed E-state index contributed by atoms with van der Waals surface area (Å²) in [6.45, 7) is 8.94. The number of esters is 1. The van der Waals surface area contributed by atoms with Gasteiger partial charge in [-0.25, -0.2) is 4.79 Å². The van der Waals surface area contributed by atoms with Crippen LogP contribution in [0.25, 0.3) is 0 Å². The summed E-state index contributed by atoms with van der Waals surface area (Å²) in [5.74, 6) is 0.488. The number of methoxy groups -OCH3 is 1. The molecule has 0 atom stereocenters. The lowest BCUT2D eigenvalue weighted by atomic mass is 9.86. The molecule has 0 heterocycles. The lowest BCUT2D eigenvalue weighted by molar-refractivity contribution is 0.0597. The van der Waals surface area contributed by atoms with Crippen LogP contribution in [-0.4, -0.2) is 13.1 Å². The summed E-state index contributed by atoms with van der Waals surface area (Å²) in [4.78, 5) is 11.8. The van der Waals surface area contributed by atoms with Crippen LogP contribution in [-0.2, 0) is 16.8 Å². The molecule has 0 aliphatic carbocycles. The molecule has 0 saturated carbocycles. The van der Waals surface area contributed by atoms with Gasteiger partial charge in [-0.05, 0) is 35.6 Å². The van der Waals surface area contributed by atoms with Crippen molar-refractivity contribution in [1.29, 1.82) is 0 Å². The van der Waals surface area contributed by atoms with Gasteiger partial charge in [0, 0.05) is 5.56 Å². The molecule has 0 aliphatic rings.